The Balaban J connectivity index is 2.08. The smallest absolute Gasteiger partial charge is 0.0471 e. The van der Waals surface area contributed by atoms with E-state index in [2.05, 4.69) is 52.0 Å². The average molecular weight is 298 g/mol. The van der Waals surface area contributed by atoms with E-state index in [9.17, 15) is 5.11 Å². The molecule has 0 radical (unpaired) electrons. The lowest BCUT2D eigenvalue weighted by Gasteiger charge is -2.27. The predicted molar refractivity (Wildman–Crippen MR) is 73.9 cm³/mol. The fourth-order valence-corrected chi connectivity index (χ4v) is 2.95. The fraction of sp³-hybridized carbons (Fsp3) is 0.571. The molecule has 1 aliphatic heterocycles. The lowest BCUT2D eigenvalue weighted by Crippen LogP contribution is -2.26. The van der Waals surface area contributed by atoms with Gasteiger partial charge in [-0.05, 0) is 43.0 Å². The zero-order valence-electron chi connectivity index (χ0n) is 10.3. The number of hydrogen-bond donors (Lipinski definition) is 1. The summed E-state index contributed by atoms with van der Waals surface area (Å²) < 4.78 is 1.13. The molecule has 0 aliphatic carbocycles. The quantitative estimate of drug-likeness (QED) is 0.922. The highest BCUT2D eigenvalue weighted by Gasteiger charge is 2.27. The van der Waals surface area contributed by atoms with Gasteiger partial charge in [0.1, 0.15) is 0 Å². The third-order valence-corrected chi connectivity index (χ3v) is 4.19. The first kappa shape index (κ1) is 13.1. The van der Waals surface area contributed by atoms with E-state index in [0.29, 0.717) is 18.6 Å². The number of likely N-dealkylation sites (tertiary alicyclic amines) is 1. The molecule has 0 spiro atoms. The Bertz CT molecular complexity index is 352. The van der Waals surface area contributed by atoms with Crippen molar-refractivity contribution in [3.05, 3.63) is 34.3 Å². The summed E-state index contributed by atoms with van der Waals surface area (Å²) in [6.45, 7) is 4.71. The molecule has 2 nitrogen and oxygen atoms in total. The van der Waals surface area contributed by atoms with Crippen LogP contribution in [0.5, 0.6) is 0 Å². The maximum Gasteiger partial charge on any atom is 0.0471 e. The topological polar surface area (TPSA) is 23.5 Å². The summed E-state index contributed by atoms with van der Waals surface area (Å²) in [4.78, 5) is 2.50. The summed E-state index contributed by atoms with van der Waals surface area (Å²) in [5, 5.41) is 9.21. The van der Waals surface area contributed by atoms with Gasteiger partial charge in [0, 0.05) is 23.7 Å². The van der Waals surface area contributed by atoms with Crippen LogP contribution in [0.3, 0.4) is 0 Å². The minimum Gasteiger partial charge on any atom is -0.396 e. The van der Waals surface area contributed by atoms with E-state index < -0.39 is 0 Å². The maximum atomic E-state index is 9.21. The number of rotatable bonds is 4. The monoisotopic (exact) mass is 297 g/mol. The number of hydrogen-bond acceptors (Lipinski definition) is 2. The lowest BCUT2D eigenvalue weighted by atomic mass is 10.0. The summed E-state index contributed by atoms with van der Waals surface area (Å²) in [6.07, 6.45) is 2.25. The van der Waals surface area contributed by atoms with Crippen LogP contribution in [0.25, 0.3) is 0 Å². The van der Waals surface area contributed by atoms with Gasteiger partial charge < -0.3 is 5.11 Å². The predicted octanol–water partition coefficient (Wildman–Crippen LogP) is 3.21. The molecule has 1 fully saturated rings. The molecule has 0 amide bonds. The number of aliphatic hydroxyl groups is 1. The van der Waals surface area contributed by atoms with E-state index in [4.69, 9.17) is 0 Å². The van der Waals surface area contributed by atoms with Crippen molar-refractivity contribution in [1.82, 2.24) is 4.90 Å². The van der Waals surface area contributed by atoms with Crippen molar-refractivity contribution in [1.29, 1.82) is 0 Å². The molecule has 1 aliphatic rings. The van der Waals surface area contributed by atoms with E-state index in [1.165, 1.54) is 5.56 Å². The van der Waals surface area contributed by atoms with Crippen LogP contribution < -0.4 is 0 Å². The van der Waals surface area contributed by atoms with Gasteiger partial charge in [0.15, 0.2) is 0 Å². The molecule has 1 aromatic rings. The van der Waals surface area contributed by atoms with Crippen LogP contribution in [-0.4, -0.2) is 29.7 Å². The van der Waals surface area contributed by atoms with Gasteiger partial charge in [-0.2, -0.15) is 0 Å². The van der Waals surface area contributed by atoms with Crippen molar-refractivity contribution in [3.63, 3.8) is 0 Å². The SMILES string of the molecule is CC[C@H](c1ccc(Br)cc1)N1CC[C@@H](CO)C1. The Morgan fingerprint density at radius 3 is 2.65 bits per heavy atom. The second kappa shape index (κ2) is 5.98. The minimum atomic E-state index is 0.327. The molecule has 1 aromatic carbocycles. The van der Waals surface area contributed by atoms with Crippen LogP contribution in [-0.2, 0) is 0 Å². The molecular formula is C14H20BrNO. The summed E-state index contributed by atoms with van der Waals surface area (Å²) >= 11 is 3.47. The van der Waals surface area contributed by atoms with Gasteiger partial charge in [0.05, 0.1) is 0 Å². The zero-order chi connectivity index (χ0) is 12.3. The van der Waals surface area contributed by atoms with Gasteiger partial charge >= 0.3 is 0 Å². The highest BCUT2D eigenvalue weighted by atomic mass is 79.9. The second-order valence-corrected chi connectivity index (χ2v) is 5.72. The van der Waals surface area contributed by atoms with Crippen molar-refractivity contribution in [3.8, 4) is 0 Å². The molecule has 3 heteroatoms. The molecule has 1 saturated heterocycles. The fourth-order valence-electron chi connectivity index (χ4n) is 2.68. The first-order valence-corrected chi connectivity index (χ1v) is 7.14. The van der Waals surface area contributed by atoms with Gasteiger partial charge in [0.25, 0.3) is 0 Å². The van der Waals surface area contributed by atoms with E-state index in [0.717, 1.165) is 30.4 Å². The third-order valence-electron chi connectivity index (χ3n) is 3.66. The lowest BCUT2D eigenvalue weighted by molar-refractivity contribution is 0.195. The highest BCUT2D eigenvalue weighted by Crippen LogP contribution is 2.30. The van der Waals surface area contributed by atoms with Crippen LogP contribution in [0.4, 0.5) is 0 Å². The highest BCUT2D eigenvalue weighted by molar-refractivity contribution is 9.10. The molecule has 94 valence electrons. The van der Waals surface area contributed by atoms with Crippen LogP contribution >= 0.6 is 15.9 Å². The van der Waals surface area contributed by atoms with Gasteiger partial charge in [0.2, 0.25) is 0 Å². The van der Waals surface area contributed by atoms with Crippen molar-refractivity contribution in [2.45, 2.75) is 25.8 Å². The number of halogens is 1. The van der Waals surface area contributed by atoms with Crippen LogP contribution in [0.15, 0.2) is 28.7 Å². The first-order chi connectivity index (χ1) is 8.24. The molecule has 2 rings (SSSR count). The van der Waals surface area contributed by atoms with E-state index in [-0.39, 0.29) is 0 Å². The Kier molecular flexibility index (Phi) is 4.60. The molecule has 0 bridgehead atoms. The number of benzene rings is 1. The Labute approximate surface area is 112 Å². The largest absolute Gasteiger partial charge is 0.396 e. The zero-order valence-corrected chi connectivity index (χ0v) is 11.9. The second-order valence-electron chi connectivity index (χ2n) is 4.81. The molecule has 2 atom stereocenters. The minimum absolute atomic E-state index is 0.327. The van der Waals surface area contributed by atoms with Crippen LogP contribution in [0.1, 0.15) is 31.4 Å². The normalized spacial score (nSPS) is 22.9. The van der Waals surface area contributed by atoms with Crippen molar-refractivity contribution < 1.29 is 5.11 Å². The summed E-state index contributed by atoms with van der Waals surface area (Å²) in [7, 11) is 0. The Hall–Kier alpha value is -0.380. The summed E-state index contributed by atoms with van der Waals surface area (Å²) in [5.41, 5.74) is 1.38. The van der Waals surface area contributed by atoms with Crippen molar-refractivity contribution in [2.24, 2.45) is 5.92 Å². The van der Waals surface area contributed by atoms with Crippen molar-refractivity contribution >= 4 is 15.9 Å². The summed E-state index contributed by atoms with van der Waals surface area (Å²) in [6, 6.07) is 9.11. The molecule has 1 heterocycles. The molecule has 0 saturated carbocycles. The van der Waals surface area contributed by atoms with E-state index >= 15 is 0 Å². The molecular weight excluding hydrogens is 278 g/mol. The Morgan fingerprint density at radius 1 is 1.41 bits per heavy atom. The first-order valence-electron chi connectivity index (χ1n) is 6.35. The number of nitrogens with zero attached hydrogens (tertiary/aromatic N) is 1. The maximum absolute atomic E-state index is 9.21. The standard InChI is InChI=1S/C14H20BrNO/c1-2-14(12-3-5-13(15)6-4-12)16-8-7-11(9-16)10-17/h3-6,11,14,17H,2,7-10H2,1H3/t11-,14-/m1/s1. The average Bonchev–Trinajstić information content (AvgIpc) is 2.81. The molecule has 0 unspecified atom stereocenters. The summed E-state index contributed by atoms with van der Waals surface area (Å²) in [5.74, 6) is 0.472. The van der Waals surface area contributed by atoms with E-state index in [1.54, 1.807) is 0 Å². The van der Waals surface area contributed by atoms with E-state index in [1.807, 2.05) is 0 Å². The van der Waals surface area contributed by atoms with Crippen molar-refractivity contribution in [2.75, 3.05) is 19.7 Å². The van der Waals surface area contributed by atoms with Gasteiger partial charge in [-0.25, -0.2) is 0 Å². The van der Waals surface area contributed by atoms with Crippen LogP contribution in [0.2, 0.25) is 0 Å². The molecule has 1 N–H and O–H groups in total. The van der Waals surface area contributed by atoms with Gasteiger partial charge in [-0.15, -0.1) is 0 Å². The molecule has 0 aromatic heterocycles. The van der Waals surface area contributed by atoms with Gasteiger partial charge in [-0.3, -0.25) is 4.90 Å². The molecule has 17 heavy (non-hydrogen) atoms. The Morgan fingerprint density at radius 2 is 2.12 bits per heavy atom. The van der Waals surface area contributed by atoms with Gasteiger partial charge in [-0.1, -0.05) is 35.0 Å². The van der Waals surface area contributed by atoms with Crippen LogP contribution in [0, 0.1) is 5.92 Å². The number of aliphatic hydroxyl groups excluding tert-OH is 1. The third kappa shape index (κ3) is 3.09.